The van der Waals surface area contributed by atoms with Gasteiger partial charge in [0.2, 0.25) is 0 Å². The minimum atomic E-state index is -0.0647. The average molecular weight is 292 g/mol. The lowest BCUT2D eigenvalue weighted by atomic mass is 9.88. The van der Waals surface area contributed by atoms with Gasteiger partial charge in [-0.05, 0) is 31.9 Å². The first-order valence-electron chi connectivity index (χ1n) is 7.80. The van der Waals surface area contributed by atoms with Crippen LogP contribution < -0.4 is 0 Å². The SMILES string of the molecule is CCO[C@@H]1COC2(CCN(C(=O)c3cccn3C)CC2)C1. The lowest BCUT2D eigenvalue weighted by Crippen LogP contribution is -2.47. The maximum atomic E-state index is 12.5. The molecule has 2 aliphatic rings. The number of ether oxygens (including phenoxy) is 2. The van der Waals surface area contributed by atoms with Crippen molar-refractivity contribution in [2.45, 2.75) is 37.9 Å². The van der Waals surface area contributed by atoms with E-state index in [0.717, 1.165) is 44.7 Å². The molecule has 0 bridgehead atoms. The number of hydrogen-bond donors (Lipinski definition) is 0. The summed E-state index contributed by atoms with van der Waals surface area (Å²) >= 11 is 0. The van der Waals surface area contributed by atoms with E-state index >= 15 is 0 Å². The van der Waals surface area contributed by atoms with Gasteiger partial charge in [-0.25, -0.2) is 0 Å². The van der Waals surface area contributed by atoms with Gasteiger partial charge in [0.05, 0.1) is 18.3 Å². The summed E-state index contributed by atoms with van der Waals surface area (Å²) in [4.78, 5) is 14.4. The summed E-state index contributed by atoms with van der Waals surface area (Å²) in [6.07, 6.45) is 4.92. The first-order chi connectivity index (χ1) is 10.1. The van der Waals surface area contributed by atoms with E-state index in [1.165, 1.54) is 0 Å². The van der Waals surface area contributed by atoms with Crippen LogP contribution in [0.4, 0.5) is 0 Å². The monoisotopic (exact) mass is 292 g/mol. The number of rotatable bonds is 3. The fourth-order valence-corrected chi connectivity index (χ4v) is 3.46. The third-order valence-corrected chi connectivity index (χ3v) is 4.70. The van der Waals surface area contributed by atoms with E-state index in [9.17, 15) is 4.79 Å². The number of aryl methyl sites for hydroxylation is 1. The number of carbonyl (C=O) groups is 1. The molecular formula is C16H24N2O3. The third kappa shape index (κ3) is 2.85. The molecule has 2 aliphatic heterocycles. The van der Waals surface area contributed by atoms with Gasteiger partial charge >= 0.3 is 0 Å². The van der Waals surface area contributed by atoms with Crippen molar-refractivity contribution in [2.24, 2.45) is 7.05 Å². The van der Waals surface area contributed by atoms with E-state index in [0.29, 0.717) is 6.61 Å². The molecule has 0 N–H and O–H groups in total. The summed E-state index contributed by atoms with van der Waals surface area (Å²) < 4.78 is 13.6. The molecule has 21 heavy (non-hydrogen) atoms. The van der Waals surface area contributed by atoms with Gasteiger partial charge < -0.3 is 18.9 Å². The number of nitrogens with zero attached hydrogens (tertiary/aromatic N) is 2. The molecule has 5 heteroatoms. The highest BCUT2D eigenvalue weighted by Crippen LogP contribution is 2.37. The molecular weight excluding hydrogens is 268 g/mol. The number of carbonyl (C=O) groups excluding carboxylic acids is 1. The van der Waals surface area contributed by atoms with Gasteiger partial charge in [-0.2, -0.15) is 0 Å². The molecule has 0 aliphatic carbocycles. The molecule has 0 aromatic carbocycles. The number of piperidine rings is 1. The molecule has 3 heterocycles. The van der Waals surface area contributed by atoms with Gasteiger partial charge in [-0.1, -0.05) is 0 Å². The van der Waals surface area contributed by atoms with Crippen molar-refractivity contribution >= 4 is 5.91 Å². The van der Waals surface area contributed by atoms with Gasteiger partial charge in [0.25, 0.3) is 5.91 Å². The minimum Gasteiger partial charge on any atom is -0.376 e. The number of likely N-dealkylation sites (tertiary alicyclic amines) is 1. The van der Waals surface area contributed by atoms with Gasteiger partial charge in [0, 0.05) is 39.4 Å². The van der Waals surface area contributed by atoms with E-state index in [2.05, 4.69) is 0 Å². The van der Waals surface area contributed by atoms with Crippen molar-refractivity contribution < 1.29 is 14.3 Å². The highest BCUT2D eigenvalue weighted by Gasteiger charge is 2.43. The lowest BCUT2D eigenvalue weighted by Gasteiger charge is -2.38. The molecule has 2 fully saturated rings. The zero-order valence-corrected chi connectivity index (χ0v) is 12.9. The van der Waals surface area contributed by atoms with Crippen LogP contribution in [0.2, 0.25) is 0 Å². The maximum absolute atomic E-state index is 12.5. The van der Waals surface area contributed by atoms with Gasteiger partial charge in [-0.15, -0.1) is 0 Å². The molecule has 0 unspecified atom stereocenters. The van der Waals surface area contributed by atoms with Gasteiger partial charge in [-0.3, -0.25) is 4.79 Å². The Kier molecular flexibility index (Phi) is 4.04. The van der Waals surface area contributed by atoms with Crippen molar-refractivity contribution in [1.82, 2.24) is 9.47 Å². The normalized spacial score (nSPS) is 24.7. The Morgan fingerprint density at radius 1 is 1.48 bits per heavy atom. The van der Waals surface area contributed by atoms with Crippen LogP contribution in [0.15, 0.2) is 18.3 Å². The molecule has 1 atom stereocenters. The molecule has 0 radical (unpaired) electrons. The van der Waals surface area contributed by atoms with E-state index in [1.54, 1.807) is 0 Å². The highest BCUT2D eigenvalue weighted by atomic mass is 16.6. The smallest absolute Gasteiger partial charge is 0.270 e. The molecule has 2 saturated heterocycles. The number of aromatic nitrogens is 1. The predicted molar refractivity (Wildman–Crippen MR) is 79.3 cm³/mol. The van der Waals surface area contributed by atoms with Gasteiger partial charge in [0.1, 0.15) is 5.69 Å². The van der Waals surface area contributed by atoms with Crippen LogP contribution in [0.25, 0.3) is 0 Å². The van der Waals surface area contributed by atoms with Crippen molar-refractivity contribution in [3.05, 3.63) is 24.0 Å². The van der Waals surface area contributed by atoms with E-state index in [-0.39, 0.29) is 17.6 Å². The van der Waals surface area contributed by atoms with Crippen LogP contribution in [0, 0.1) is 0 Å². The van der Waals surface area contributed by atoms with Gasteiger partial charge in [0.15, 0.2) is 0 Å². The topological polar surface area (TPSA) is 43.7 Å². The van der Waals surface area contributed by atoms with Crippen molar-refractivity contribution in [1.29, 1.82) is 0 Å². The summed E-state index contributed by atoms with van der Waals surface area (Å²) in [5.74, 6) is 0.122. The van der Waals surface area contributed by atoms with Crippen LogP contribution in [0.3, 0.4) is 0 Å². The zero-order chi connectivity index (χ0) is 14.9. The number of amides is 1. The Morgan fingerprint density at radius 3 is 2.86 bits per heavy atom. The molecule has 1 amide bonds. The first kappa shape index (κ1) is 14.6. The van der Waals surface area contributed by atoms with E-state index in [1.807, 2.05) is 41.8 Å². The average Bonchev–Trinajstić information content (AvgIpc) is 3.07. The van der Waals surface area contributed by atoms with Crippen molar-refractivity contribution in [2.75, 3.05) is 26.3 Å². The summed E-state index contributed by atoms with van der Waals surface area (Å²) in [7, 11) is 1.91. The van der Waals surface area contributed by atoms with Crippen LogP contribution in [-0.4, -0.2) is 53.4 Å². The van der Waals surface area contributed by atoms with Crippen LogP contribution in [0.5, 0.6) is 0 Å². The first-order valence-corrected chi connectivity index (χ1v) is 7.80. The Hall–Kier alpha value is -1.33. The highest BCUT2D eigenvalue weighted by molar-refractivity contribution is 5.92. The van der Waals surface area contributed by atoms with Crippen molar-refractivity contribution in [3.8, 4) is 0 Å². The zero-order valence-electron chi connectivity index (χ0n) is 12.9. The molecule has 116 valence electrons. The molecule has 1 aromatic heterocycles. The molecule has 1 spiro atoms. The second-order valence-corrected chi connectivity index (χ2v) is 6.07. The Balaban J connectivity index is 1.58. The van der Waals surface area contributed by atoms with E-state index in [4.69, 9.17) is 9.47 Å². The summed E-state index contributed by atoms with van der Waals surface area (Å²) in [6.45, 7) is 4.99. The van der Waals surface area contributed by atoms with Crippen molar-refractivity contribution in [3.63, 3.8) is 0 Å². The largest absolute Gasteiger partial charge is 0.376 e. The lowest BCUT2D eigenvalue weighted by molar-refractivity contribution is -0.0408. The van der Waals surface area contributed by atoms with Crippen LogP contribution in [0.1, 0.15) is 36.7 Å². The minimum absolute atomic E-state index is 0.0647. The molecule has 1 aromatic rings. The molecule has 5 nitrogen and oxygen atoms in total. The van der Waals surface area contributed by atoms with E-state index < -0.39 is 0 Å². The summed E-state index contributed by atoms with van der Waals surface area (Å²) in [6, 6.07) is 3.79. The Morgan fingerprint density at radius 2 is 2.24 bits per heavy atom. The Bertz CT molecular complexity index is 503. The predicted octanol–water partition coefficient (Wildman–Crippen LogP) is 1.83. The maximum Gasteiger partial charge on any atom is 0.270 e. The summed E-state index contributed by atoms with van der Waals surface area (Å²) in [5.41, 5.74) is 0.690. The molecule has 3 rings (SSSR count). The standard InChI is InChI=1S/C16H24N2O3/c1-3-20-13-11-16(21-12-13)6-9-18(10-7-16)15(19)14-5-4-8-17(14)2/h4-5,8,13H,3,6-7,9-12H2,1-2H3/t13-/m0/s1. The second kappa shape index (κ2) is 5.81. The Labute approximate surface area is 125 Å². The molecule has 0 saturated carbocycles. The van der Waals surface area contributed by atoms with Crippen LogP contribution in [-0.2, 0) is 16.5 Å². The second-order valence-electron chi connectivity index (χ2n) is 6.07. The summed E-state index contributed by atoms with van der Waals surface area (Å²) in [5, 5.41) is 0. The van der Waals surface area contributed by atoms with Crippen LogP contribution >= 0.6 is 0 Å². The quantitative estimate of drug-likeness (QED) is 0.853. The number of hydrogen-bond acceptors (Lipinski definition) is 3. The third-order valence-electron chi connectivity index (χ3n) is 4.70. The fourth-order valence-electron chi connectivity index (χ4n) is 3.46. The fraction of sp³-hybridized carbons (Fsp3) is 0.688.